The van der Waals surface area contributed by atoms with Crippen LogP contribution in [0, 0.1) is 18.3 Å². The molecule has 2 rings (SSSR count). The summed E-state index contributed by atoms with van der Waals surface area (Å²) in [7, 11) is 1.52. The van der Waals surface area contributed by atoms with Gasteiger partial charge in [-0.2, -0.15) is 5.26 Å². The van der Waals surface area contributed by atoms with Gasteiger partial charge in [-0.1, -0.05) is 31.4 Å². The third-order valence-electron chi connectivity index (χ3n) is 4.31. The van der Waals surface area contributed by atoms with Crippen LogP contribution >= 0.6 is 11.6 Å². The molecule has 6 nitrogen and oxygen atoms in total. The van der Waals surface area contributed by atoms with E-state index in [1.807, 2.05) is 6.07 Å². The molecule has 0 radical (unpaired) electrons. The molecule has 0 amide bonds. The molecule has 0 saturated heterocycles. The molecule has 1 N–H and O–H groups in total. The lowest BCUT2D eigenvalue weighted by Gasteiger charge is -2.14. The molecule has 27 heavy (non-hydrogen) atoms. The van der Waals surface area contributed by atoms with Crippen LogP contribution in [-0.4, -0.2) is 23.0 Å². The van der Waals surface area contributed by atoms with Crippen LogP contribution in [0.15, 0.2) is 28.0 Å². The van der Waals surface area contributed by atoms with Gasteiger partial charge >= 0.3 is 0 Å². The highest BCUT2D eigenvalue weighted by atomic mass is 35.5. The van der Waals surface area contributed by atoms with Gasteiger partial charge in [0.15, 0.2) is 0 Å². The fraction of sp³-hybridized carbons (Fsp3) is 0.350. The number of benzene rings is 1. The summed E-state index contributed by atoms with van der Waals surface area (Å²) in [5.41, 5.74) is 0.706. The van der Waals surface area contributed by atoms with Crippen molar-refractivity contribution < 1.29 is 9.84 Å². The first-order valence-electron chi connectivity index (χ1n) is 8.68. The van der Waals surface area contributed by atoms with Crippen LogP contribution in [0.2, 0.25) is 5.02 Å². The minimum absolute atomic E-state index is 0.00353. The van der Waals surface area contributed by atoms with Crippen LogP contribution < -0.4 is 10.3 Å². The molecule has 1 aromatic carbocycles. The summed E-state index contributed by atoms with van der Waals surface area (Å²) in [5, 5.41) is 20.5. The molecule has 1 aromatic heterocycles. The fourth-order valence-corrected chi connectivity index (χ4v) is 2.92. The van der Waals surface area contributed by atoms with Crippen molar-refractivity contribution in [3.8, 4) is 17.7 Å². The Kier molecular flexibility index (Phi) is 7.03. The number of aromatic hydroxyl groups is 1. The molecule has 2 aromatic rings. The summed E-state index contributed by atoms with van der Waals surface area (Å²) in [6.45, 7) is 4.01. The molecule has 0 fully saturated rings. The van der Waals surface area contributed by atoms with Crippen LogP contribution in [0.25, 0.3) is 0 Å². The number of halogens is 1. The first-order chi connectivity index (χ1) is 12.9. The normalized spacial score (nSPS) is 10.9. The monoisotopic (exact) mass is 387 g/mol. The van der Waals surface area contributed by atoms with Crippen LogP contribution in [0.1, 0.15) is 42.9 Å². The van der Waals surface area contributed by atoms with Gasteiger partial charge in [0.25, 0.3) is 5.56 Å². The molecule has 0 aliphatic rings. The number of hydrogen-bond donors (Lipinski definition) is 1. The molecule has 0 unspecified atom stereocenters. The Hall–Kier alpha value is -2.78. The number of methoxy groups -OCH3 is 1. The average Bonchev–Trinajstić information content (AvgIpc) is 2.65. The molecule has 0 bridgehead atoms. The van der Waals surface area contributed by atoms with Gasteiger partial charge < -0.3 is 9.84 Å². The Labute approximate surface area is 163 Å². The molecule has 1 heterocycles. The van der Waals surface area contributed by atoms with Crippen molar-refractivity contribution in [1.82, 2.24) is 4.57 Å². The second-order valence-electron chi connectivity index (χ2n) is 6.09. The van der Waals surface area contributed by atoms with Crippen molar-refractivity contribution in [3.63, 3.8) is 0 Å². The zero-order valence-electron chi connectivity index (χ0n) is 15.6. The lowest BCUT2D eigenvalue weighted by atomic mass is 10.1. The lowest BCUT2D eigenvalue weighted by Crippen LogP contribution is -2.25. The van der Waals surface area contributed by atoms with Crippen molar-refractivity contribution in [3.05, 3.63) is 50.3 Å². The minimum atomic E-state index is -0.485. The first kappa shape index (κ1) is 20.5. The molecule has 0 aliphatic heterocycles. The number of nitriles is 1. The molecule has 0 aliphatic carbocycles. The summed E-state index contributed by atoms with van der Waals surface area (Å²) in [5.74, 6) is 0.321. The summed E-state index contributed by atoms with van der Waals surface area (Å²) >= 11 is 6.02. The number of nitrogens with zero attached hydrogens (tertiary/aromatic N) is 3. The SMILES string of the molecule is CCCCCn1c(O)c(C=Nc2cc(Cl)ccc2OC)c(C)c(C#N)c1=O. The Morgan fingerprint density at radius 2 is 2.15 bits per heavy atom. The lowest BCUT2D eigenvalue weighted by molar-refractivity contribution is 0.398. The van der Waals surface area contributed by atoms with Gasteiger partial charge in [-0.05, 0) is 37.1 Å². The summed E-state index contributed by atoms with van der Waals surface area (Å²) in [6, 6.07) is 6.94. The Morgan fingerprint density at radius 1 is 1.41 bits per heavy atom. The van der Waals surface area contributed by atoms with Crippen molar-refractivity contribution >= 4 is 23.5 Å². The van der Waals surface area contributed by atoms with Crippen molar-refractivity contribution in [1.29, 1.82) is 5.26 Å². The van der Waals surface area contributed by atoms with Crippen LogP contribution in [-0.2, 0) is 6.54 Å². The van der Waals surface area contributed by atoms with E-state index >= 15 is 0 Å². The van der Waals surface area contributed by atoms with Crippen molar-refractivity contribution in [2.45, 2.75) is 39.7 Å². The van der Waals surface area contributed by atoms with E-state index in [9.17, 15) is 15.2 Å². The minimum Gasteiger partial charge on any atom is -0.494 e. The van der Waals surface area contributed by atoms with Crippen molar-refractivity contribution in [2.75, 3.05) is 7.11 Å². The number of aliphatic imine (C=N–C) groups is 1. The molecular formula is C20H22ClN3O3. The van der Waals surface area contributed by atoms with E-state index in [0.717, 1.165) is 19.3 Å². The topological polar surface area (TPSA) is 87.6 Å². The molecule has 7 heteroatoms. The second-order valence-corrected chi connectivity index (χ2v) is 6.52. The zero-order chi connectivity index (χ0) is 20.0. The predicted molar refractivity (Wildman–Crippen MR) is 107 cm³/mol. The van der Waals surface area contributed by atoms with E-state index in [1.165, 1.54) is 17.9 Å². The maximum absolute atomic E-state index is 12.5. The van der Waals surface area contributed by atoms with E-state index in [1.54, 1.807) is 25.1 Å². The Balaban J connectivity index is 2.56. The fourth-order valence-electron chi connectivity index (χ4n) is 2.75. The van der Waals surface area contributed by atoms with E-state index in [0.29, 0.717) is 34.1 Å². The maximum Gasteiger partial charge on any atom is 0.271 e. The van der Waals surface area contributed by atoms with E-state index < -0.39 is 5.56 Å². The quantitative estimate of drug-likeness (QED) is 0.565. The number of pyridine rings is 1. The Bertz CT molecular complexity index is 958. The average molecular weight is 388 g/mol. The van der Waals surface area contributed by atoms with Gasteiger partial charge in [0.2, 0.25) is 5.88 Å². The van der Waals surface area contributed by atoms with Gasteiger partial charge in [-0.3, -0.25) is 14.4 Å². The number of unbranched alkanes of at least 4 members (excludes halogenated alkanes) is 2. The molecule has 142 valence electrons. The van der Waals surface area contributed by atoms with Gasteiger partial charge in [-0.15, -0.1) is 0 Å². The summed E-state index contributed by atoms with van der Waals surface area (Å²) in [6.07, 6.45) is 4.06. The molecular weight excluding hydrogens is 366 g/mol. The van der Waals surface area contributed by atoms with E-state index in [2.05, 4.69) is 11.9 Å². The largest absolute Gasteiger partial charge is 0.494 e. The standard InChI is InChI=1S/C20H22ClN3O3/c1-4-5-6-9-24-19(25)15(11-22)13(2)16(20(24)26)12-23-17-10-14(21)7-8-18(17)27-3/h7-8,10,12,26H,4-6,9H2,1-3H3. The highest BCUT2D eigenvalue weighted by molar-refractivity contribution is 6.30. The highest BCUT2D eigenvalue weighted by Gasteiger charge is 2.18. The maximum atomic E-state index is 12.5. The predicted octanol–water partition coefficient (Wildman–Crippen LogP) is 4.34. The van der Waals surface area contributed by atoms with Crippen LogP contribution in [0.4, 0.5) is 5.69 Å². The third kappa shape index (κ3) is 4.50. The first-order valence-corrected chi connectivity index (χ1v) is 9.06. The zero-order valence-corrected chi connectivity index (χ0v) is 16.4. The van der Waals surface area contributed by atoms with Crippen molar-refractivity contribution in [2.24, 2.45) is 4.99 Å². The molecule has 0 spiro atoms. The number of aromatic nitrogens is 1. The summed E-state index contributed by atoms with van der Waals surface area (Å²) < 4.78 is 6.49. The number of hydrogen-bond acceptors (Lipinski definition) is 5. The highest BCUT2D eigenvalue weighted by Crippen LogP contribution is 2.31. The van der Waals surface area contributed by atoms with Crippen LogP contribution in [0.5, 0.6) is 11.6 Å². The van der Waals surface area contributed by atoms with E-state index in [-0.39, 0.29) is 11.4 Å². The number of ether oxygens (including phenoxy) is 1. The van der Waals surface area contributed by atoms with Gasteiger partial charge in [-0.25, -0.2) is 0 Å². The van der Waals surface area contributed by atoms with Gasteiger partial charge in [0.05, 0.1) is 12.7 Å². The summed E-state index contributed by atoms with van der Waals surface area (Å²) in [4.78, 5) is 16.9. The Morgan fingerprint density at radius 3 is 2.78 bits per heavy atom. The van der Waals surface area contributed by atoms with Gasteiger partial charge in [0.1, 0.15) is 23.1 Å². The third-order valence-corrected chi connectivity index (χ3v) is 4.54. The second kappa shape index (κ2) is 9.24. The van der Waals surface area contributed by atoms with Crippen LogP contribution in [0.3, 0.4) is 0 Å². The number of rotatable bonds is 7. The van der Waals surface area contributed by atoms with Gasteiger partial charge in [0, 0.05) is 17.8 Å². The smallest absolute Gasteiger partial charge is 0.271 e. The molecule has 0 saturated carbocycles. The molecule has 0 atom stereocenters. The van der Waals surface area contributed by atoms with E-state index in [4.69, 9.17) is 16.3 Å².